The number of amides is 1. The molecule has 2 heterocycles. The van der Waals surface area contributed by atoms with Gasteiger partial charge in [-0.25, -0.2) is 4.98 Å². The zero-order valence-corrected chi connectivity index (χ0v) is 11.0. The van der Waals surface area contributed by atoms with E-state index < -0.39 is 0 Å². The average molecular weight is 257 g/mol. The number of carbonyl (C=O) groups is 1. The summed E-state index contributed by atoms with van der Waals surface area (Å²) >= 11 is 0. The van der Waals surface area contributed by atoms with Gasteiger partial charge in [0.15, 0.2) is 0 Å². The number of aromatic nitrogens is 2. The van der Waals surface area contributed by atoms with Crippen molar-refractivity contribution in [3.05, 3.63) is 30.1 Å². The highest BCUT2D eigenvalue weighted by Gasteiger charge is 2.18. The van der Waals surface area contributed by atoms with E-state index in [9.17, 15) is 4.79 Å². The largest absolute Gasteiger partial charge is 0.349 e. The van der Waals surface area contributed by atoms with Gasteiger partial charge in [-0.15, -0.1) is 0 Å². The summed E-state index contributed by atoms with van der Waals surface area (Å²) in [5, 5.41) is 4.06. The molecule has 1 aliphatic carbocycles. The van der Waals surface area contributed by atoms with E-state index in [1.165, 1.54) is 25.7 Å². The molecule has 0 radical (unpaired) electrons. The first-order valence-electron chi connectivity index (χ1n) is 7.07. The SMILES string of the molecule is O=C(NC1CCCCCC1)c1c[nH]c2ncccc12. The fourth-order valence-corrected chi connectivity index (χ4v) is 2.83. The monoisotopic (exact) mass is 257 g/mol. The molecular formula is C15H19N3O. The Bertz CT molecular complexity index is 568. The summed E-state index contributed by atoms with van der Waals surface area (Å²) in [6.07, 6.45) is 10.7. The first-order chi connectivity index (χ1) is 9.34. The molecule has 0 aliphatic heterocycles. The van der Waals surface area contributed by atoms with E-state index in [1.807, 2.05) is 12.1 Å². The zero-order valence-electron chi connectivity index (χ0n) is 11.0. The molecule has 1 saturated carbocycles. The van der Waals surface area contributed by atoms with Crippen molar-refractivity contribution in [3.63, 3.8) is 0 Å². The van der Waals surface area contributed by atoms with Crippen LogP contribution in [0.25, 0.3) is 11.0 Å². The van der Waals surface area contributed by atoms with E-state index in [4.69, 9.17) is 0 Å². The number of nitrogens with one attached hydrogen (secondary N) is 2. The maximum atomic E-state index is 12.3. The van der Waals surface area contributed by atoms with Gasteiger partial charge in [-0.1, -0.05) is 25.7 Å². The van der Waals surface area contributed by atoms with Gasteiger partial charge in [-0.3, -0.25) is 4.79 Å². The Morgan fingerprint density at radius 3 is 2.84 bits per heavy atom. The molecule has 4 nitrogen and oxygen atoms in total. The molecule has 0 bridgehead atoms. The lowest BCUT2D eigenvalue weighted by atomic mass is 10.1. The molecule has 0 aromatic carbocycles. The molecule has 19 heavy (non-hydrogen) atoms. The number of fused-ring (bicyclic) bond motifs is 1. The van der Waals surface area contributed by atoms with Crippen molar-refractivity contribution in [2.24, 2.45) is 0 Å². The highest BCUT2D eigenvalue weighted by Crippen LogP contribution is 2.19. The Labute approximate surface area is 112 Å². The molecule has 4 heteroatoms. The van der Waals surface area contributed by atoms with E-state index >= 15 is 0 Å². The van der Waals surface area contributed by atoms with Crippen LogP contribution in [0.5, 0.6) is 0 Å². The molecule has 1 aliphatic rings. The molecule has 0 atom stereocenters. The van der Waals surface area contributed by atoms with Crippen LogP contribution in [0.3, 0.4) is 0 Å². The van der Waals surface area contributed by atoms with Crippen LogP contribution in [0.15, 0.2) is 24.5 Å². The summed E-state index contributed by atoms with van der Waals surface area (Å²) < 4.78 is 0. The fourth-order valence-electron chi connectivity index (χ4n) is 2.83. The second-order valence-electron chi connectivity index (χ2n) is 5.26. The minimum Gasteiger partial charge on any atom is -0.349 e. The van der Waals surface area contributed by atoms with Crippen LogP contribution in [0.1, 0.15) is 48.9 Å². The molecule has 2 aromatic heterocycles. The first kappa shape index (κ1) is 12.2. The number of hydrogen-bond donors (Lipinski definition) is 2. The lowest BCUT2D eigenvalue weighted by Crippen LogP contribution is -2.34. The normalized spacial score (nSPS) is 17.3. The second kappa shape index (κ2) is 5.43. The maximum Gasteiger partial charge on any atom is 0.253 e. The van der Waals surface area contributed by atoms with Crippen molar-refractivity contribution in [2.75, 3.05) is 0 Å². The Morgan fingerprint density at radius 1 is 1.26 bits per heavy atom. The van der Waals surface area contributed by atoms with E-state index in [0.717, 1.165) is 23.9 Å². The zero-order chi connectivity index (χ0) is 13.1. The van der Waals surface area contributed by atoms with E-state index in [-0.39, 0.29) is 5.91 Å². The van der Waals surface area contributed by atoms with Crippen molar-refractivity contribution < 1.29 is 4.79 Å². The fraction of sp³-hybridized carbons (Fsp3) is 0.467. The van der Waals surface area contributed by atoms with Gasteiger partial charge in [-0.05, 0) is 25.0 Å². The number of aromatic amines is 1. The highest BCUT2D eigenvalue weighted by atomic mass is 16.1. The summed E-state index contributed by atoms with van der Waals surface area (Å²) in [6, 6.07) is 4.12. The van der Waals surface area contributed by atoms with Gasteiger partial charge >= 0.3 is 0 Å². The van der Waals surface area contributed by atoms with Crippen LogP contribution in [-0.2, 0) is 0 Å². The van der Waals surface area contributed by atoms with Gasteiger partial charge in [0.05, 0.1) is 5.56 Å². The molecule has 0 unspecified atom stereocenters. The molecule has 2 aromatic rings. The molecular weight excluding hydrogens is 238 g/mol. The van der Waals surface area contributed by atoms with Gasteiger partial charge in [0.25, 0.3) is 5.91 Å². The van der Waals surface area contributed by atoms with Crippen molar-refractivity contribution >= 4 is 16.9 Å². The van der Waals surface area contributed by atoms with Gasteiger partial charge < -0.3 is 10.3 Å². The predicted octanol–water partition coefficient (Wildman–Crippen LogP) is 3.02. The Kier molecular flexibility index (Phi) is 3.49. The quantitative estimate of drug-likeness (QED) is 0.812. The highest BCUT2D eigenvalue weighted by molar-refractivity contribution is 6.05. The van der Waals surface area contributed by atoms with Crippen LogP contribution in [-0.4, -0.2) is 21.9 Å². The summed E-state index contributed by atoms with van der Waals surface area (Å²) in [5.74, 6) is 0.0196. The number of carbonyl (C=O) groups excluding carboxylic acids is 1. The molecule has 0 saturated heterocycles. The molecule has 0 spiro atoms. The van der Waals surface area contributed by atoms with Crippen molar-refractivity contribution in [1.82, 2.24) is 15.3 Å². The standard InChI is InChI=1S/C15H19N3O/c19-15(18-11-6-3-1-2-4-7-11)13-10-17-14-12(13)8-5-9-16-14/h5,8-11H,1-4,6-7H2,(H,16,17)(H,18,19). The summed E-state index contributed by atoms with van der Waals surface area (Å²) in [5.41, 5.74) is 1.47. The van der Waals surface area contributed by atoms with Gasteiger partial charge in [0, 0.05) is 23.8 Å². The lowest BCUT2D eigenvalue weighted by Gasteiger charge is -2.15. The smallest absolute Gasteiger partial charge is 0.253 e. The molecule has 100 valence electrons. The predicted molar refractivity (Wildman–Crippen MR) is 75.0 cm³/mol. The third-order valence-electron chi connectivity index (χ3n) is 3.89. The number of rotatable bonds is 2. The van der Waals surface area contributed by atoms with Crippen molar-refractivity contribution in [1.29, 1.82) is 0 Å². The second-order valence-corrected chi connectivity index (χ2v) is 5.26. The summed E-state index contributed by atoms with van der Waals surface area (Å²) in [6.45, 7) is 0. The first-order valence-corrected chi connectivity index (χ1v) is 7.07. The number of hydrogen-bond acceptors (Lipinski definition) is 2. The molecule has 1 fully saturated rings. The number of nitrogens with zero attached hydrogens (tertiary/aromatic N) is 1. The van der Waals surface area contributed by atoms with Crippen LogP contribution < -0.4 is 5.32 Å². The van der Waals surface area contributed by atoms with E-state index in [1.54, 1.807) is 12.4 Å². The molecule has 1 amide bonds. The van der Waals surface area contributed by atoms with Crippen molar-refractivity contribution in [2.45, 2.75) is 44.6 Å². The molecule has 3 rings (SSSR count). The van der Waals surface area contributed by atoms with Gasteiger partial charge in [0.2, 0.25) is 0 Å². The maximum absolute atomic E-state index is 12.3. The number of pyridine rings is 1. The summed E-state index contributed by atoms with van der Waals surface area (Å²) in [7, 11) is 0. The third-order valence-corrected chi connectivity index (χ3v) is 3.89. The van der Waals surface area contributed by atoms with Gasteiger partial charge in [-0.2, -0.15) is 0 Å². The minimum absolute atomic E-state index is 0.0196. The van der Waals surface area contributed by atoms with E-state index in [2.05, 4.69) is 15.3 Å². The van der Waals surface area contributed by atoms with E-state index in [0.29, 0.717) is 11.6 Å². The van der Waals surface area contributed by atoms with Crippen molar-refractivity contribution in [3.8, 4) is 0 Å². The third kappa shape index (κ3) is 2.62. The lowest BCUT2D eigenvalue weighted by molar-refractivity contribution is 0.0935. The summed E-state index contributed by atoms with van der Waals surface area (Å²) in [4.78, 5) is 19.6. The number of H-pyrrole nitrogens is 1. The Balaban J connectivity index is 1.76. The van der Waals surface area contributed by atoms with Crippen LogP contribution in [0, 0.1) is 0 Å². The molecule has 2 N–H and O–H groups in total. The van der Waals surface area contributed by atoms with Crippen LogP contribution >= 0.6 is 0 Å². The average Bonchev–Trinajstić information content (AvgIpc) is 2.70. The van der Waals surface area contributed by atoms with Crippen LogP contribution in [0.4, 0.5) is 0 Å². The van der Waals surface area contributed by atoms with Crippen LogP contribution in [0.2, 0.25) is 0 Å². The minimum atomic E-state index is 0.0196. The Hall–Kier alpha value is -1.84. The topological polar surface area (TPSA) is 57.8 Å². The Morgan fingerprint density at radius 2 is 2.05 bits per heavy atom. The van der Waals surface area contributed by atoms with Gasteiger partial charge in [0.1, 0.15) is 5.65 Å².